The van der Waals surface area contributed by atoms with Crippen LogP contribution in [0, 0.1) is 0 Å². The van der Waals surface area contributed by atoms with Gasteiger partial charge in [-0.3, -0.25) is 14.4 Å². The van der Waals surface area contributed by atoms with Crippen LogP contribution >= 0.6 is 0 Å². The normalized spacial score (nSPS) is 11.6. The Morgan fingerprint density at radius 3 is 1.76 bits per heavy atom. The number of esters is 2. The highest BCUT2D eigenvalue weighted by Crippen LogP contribution is 2.22. The molecule has 0 saturated heterocycles. The van der Waals surface area contributed by atoms with Gasteiger partial charge in [-0.25, -0.2) is 0 Å². The number of aromatic hydroxyl groups is 1. The van der Waals surface area contributed by atoms with Gasteiger partial charge in [-0.15, -0.1) is 0 Å². The van der Waals surface area contributed by atoms with Crippen molar-refractivity contribution in [1.82, 2.24) is 0 Å². The van der Waals surface area contributed by atoms with Crippen molar-refractivity contribution in [3.8, 4) is 11.5 Å². The Hall–Kier alpha value is -3.60. The van der Waals surface area contributed by atoms with Gasteiger partial charge in [0.15, 0.2) is 6.79 Å². The van der Waals surface area contributed by atoms with Gasteiger partial charge in [-0.05, 0) is 63.1 Å². The monoisotopic (exact) mass is 546 g/mol. The molecule has 2 aromatic carbocycles. The van der Waals surface area contributed by atoms with E-state index < -0.39 is 12.5 Å². The summed E-state index contributed by atoms with van der Waals surface area (Å²) in [5.41, 5.74) is 1.64. The summed E-state index contributed by atoms with van der Waals surface area (Å²) in [5, 5.41) is 9.22. The molecule has 0 bridgehead atoms. The minimum absolute atomic E-state index is 0. The van der Waals surface area contributed by atoms with Gasteiger partial charge in [0.05, 0.1) is 25.0 Å². The lowest BCUT2D eigenvalue weighted by molar-refractivity contribution is -0.156. The molecule has 2 unspecified atom stereocenters. The Labute approximate surface area is 221 Å². The lowest BCUT2D eigenvalue weighted by Crippen LogP contribution is -2.13. The maximum Gasteiger partial charge on any atom is 0.446 e. The van der Waals surface area contributed by atoms with Crippen LogP contribution < -0.4 is 4.74 Å². The number of benzene rings is 2. The fourth-order valence-corrected chi connectivity index (χ4v) is 2.60. The summed E-state index contributed by atoms with van der Waals surface area (Å²) in [6, 6.07) is 14.0. The van der Waals surface area contributed by atoms with E-state index in [1.807, 2.05) is 31.2 Å². The minimum Gasteiger partial charge on any atom is -0.508 e. The number of phenolic OH excluding ortho intramolecular Hbond substituents is 1. The van der Waals surface area contributed by atoms with E-state index in [-0.39, 0.29) is 43.7 Å². The molecule has 0 aliphatic rings. The highest BCUT2D eigenvalue weighted by Gasteiger charge is 2.25. The van der Waals surface area contributed by atoms with Crippen molar-refractivity contribution in [2.75, 3.05) is 27.1 Å². The van der Waals surface area contributed by atoms with Crippen LogP contribution in [-0.2, 0) is 28.6 Å². The van der Waals surface area contributed by atoms with E-state index in [2.05, 4.69) is 0 Å². The number of methoxy groups -OCH3 is 1. The number of halogens is 3. The van der Waals surface area contributed by atoms with Crippen LogP contribution in [0.25, 0.3) is 0 Å². The highest BCUT2D eigenvalue weighted by atomic mass is 19.4. The van der Waals surface area contributed by atoms with Gasteiger partial charge < -0.3 is 24.1 Å². The molecule has 0 saturated carbocycles. The second kappa shape index (κ2) is 19.5. The first-order valence-electron chi connectivity index (χ1n) is 11.3. The molecule has 0 aliphatic heterocycles. The van der Waals surface area contributed by atoms with Gasteiger partial charge in [0, 0.05) is 7.11 Å². The van der Waals surface area contributed by atoms with E-state index in [1.54, 1.807) is 52.1 Å². The Bertz CT molecular complexity index is 963. The number of carbonyl (C=O) groups excluding carboxylic acids is 3. The van der Waals surface area contributed by atoms with Gasteiger partial charge in [0.1, 0.15) is 11.5 Å². The van der Waals surface area contributed by atoms with Crippen LogP contribution in [0.2, 0.25) is 0 Å². The zero-order valence-electron chi connectivity index (χ0n) is 21.4. The summed E-state index contributed by atoms with van der Waals surface area (Å²) in [4.78, 5) is 31.6. The molecule has 0 fully saturated rings. The van der Waals surface area contributed by atoms with Crippen molar-refractivity contribution in [2.24, 2.45) is 0 Å². The van der Waals surface area contributed by atoms with Gasteiger partial charge in [-0.1, -0.05) is 31.7 Å². The molecule has 2 atom stereocenters. The molecular weight excluding hydrogens is 509 g/mol. The Balaban J connectivity index is 0. The van der Waals surface area contributed by atoms with E-state index in [9.17, 15) is 27.9 Å². The highest BCUT2D eigenvalue weighted by molar-refractivity contribution is 5.78. The molecule has 0 amide bonds. The summed E-state index contributed by atoms with van der Waals surface area (Å²) in [6.45, 7) is 8.10. The van der Waals surface area contributed by atoms with E-state index in [0.717, 1.165) is 11.1 Å². The molecule has 214 valence electrons. The fraction of sp³-hybridized carbons (Fsp3) is 0.444. The molecule has 38 heavy (non-hydrogen) atoms. The quantitative estimate of drug-likeness (QED) is 0.240. The van der Waals surface area contributed by atoms with E-state index in [1.165, 1.54) is 0 Å². The van der Waals surface area contributed by atoms with Crippen molar-refractivity contribution < 1.29 is 51.6 Å². The maximum absolute atomic E-state index is 11.6. The third kappa shape index (κ3) is 15.5. The first-order valence-corrected chi connectivity index (χ1v) is 11.3. The molecule has 8 nitrogen and oxygen atoms in total. The van der Waals surface area contributed by atoms with Crippen molar-refractivity contribution in [3.63, 3.8) is 0 Å². The summed E-state index contributed by atoms with van der Waals surface area (Å²) >= 11 is 0. The van der Waals surface area contributed by atoms with Gasteiger partial charge >= 0.3 is 18.1 Å². The molecular formula is C27H37F3O8. The molecule has 0 heterocycles. The topological polar surface area (TPSA) is 108 Å². The largest absolute Gasteiger partial charge is 0.508 e. The number of rotatable bonds is 9. The number of aldehydes is 1. The SMILES string of the molecule is C.CCOC(=O)C(C)c1cccc(O)c1.CCOC(=O)C(C)c1cccc(OCOC)c1.O=CC(F)(F)F. The average molecular weight is 547 g/mol. The molecule has 1 N–H and O–H groups in total. The zero-order chi connectivity index (χ0) is 28.4. The van der Waals surface area contributed by atoms with E-state index in [4.69, 9.17) is 23.7 Å². The average Bonchev–Trinajstić information content (AvgIpc) is 2.87. The van der Waals surface area contributed by atoms with Crippen LogP contribution in [0.1, 0.15) is 58.1 Å². The van der Waals surface area contributed by atoms with Crippen LogP contribution in [0.3, 0.4) is 0 Å². The van der Waals surface area contributed by atoms with Crippen LogP contribution in [0.15, 0.2) is 48.5 Å². The van der Waals surface area contributed by atoms with Crippen molar-refractivity contribution >= 4 is 18.2 Å². The van der Waals surface area contributed by atoms with Crippen LogP contribution in [0.4, 0.5) is 13.2 Å². The Kier molecular flexibility index (Phi) is 18.8. The number of hydrogen-bond donors (Lipinski definition) is 1. The molecule has 2 rings (SSSR count). The lowest BCUT2D eigenvalue weighted by atomic mass is 10.0. The number of hydrogen-bond acceptors (Lipinski definition) is 8. The molecule has 2 aromatic rings. The third-order valence-corrected chi connectivity index (χ3v) is 4.49. The van der Waals surface area contributed by atoms with E-state index in [0.29, 0.717) is 19.0 Å². The second-order valence-corrected chi connectivity index (χ2v) is 7.33. The predicted molar refractivity (Wildman–Crippen MR) is 136 cm³/mol. The number of carbonyl (C=O) groups is 3. The molecule has 11 heteroatoms. The number of ether oxygens (including phenoxy) is 4. The lowest BCUT2D eigenvalue weighted by Gasteiger charge is -2.12. The molecule has 0 spiro atoms. The van der Waals surface area contributed by atoms with Crippen molar-refractivity contribution in [2.45, 2.75) is 53.1 Å². The Morgan fingerprint density at radius 1 is 0.921 bits per heavy atom. The van der Waals surface area contributed by atoms with Gasteiger partial charge in [-0.2, -0.15) is 13.2 Å². The standard InChI is InChI=1S/C13H18O4.C11H14O3.C2HF3O.CH4/c1-4-16-13(14)10(2)11-6-5-7-12(8-11)17-9-15-3;1-3-14-11(13)8(2)9-5-4-6-10(12)7-9;3-2(4,5)1-6;/h5-8,10H,4,9H2,1-3H3;4-8,12H,3H2,1-2H3;1H;1H4. The van der Waals surface area contributed by atoms with Crippen molar-refractivity contribution in [3.05, 3.63) is 59.7 Å². The minimum atomic E-state index is -4.64. The number of phenols is 1. The Morgan fingerprint density at radius 2 is 1.37 bits per heavy atom. The summed E-state index contributed by atoms with van der Waals surface area (Å²) in [7, 11) is 1.56. The first-order chi connectivity index (χ1) is 17.4. The number of alkyl halides is 3. The zero-order valence-corrected chi connectivity index (χ0v) is 21.4. The van der Waals surface area contributed by atoms with Crippen LogP contribution in [0.5, 0.6) is 11.5 Å². The van der Waals surface area contributed by atoms with Crippen LogP contribution in [-0.4, -0.2) is 56.6 Å². The maximum atomic E-state index is 11.6. The predicted octanol–water partition coefficient (Wildman–Crippen LogP) is 5.78. The molecule has 0 aromatic heterocycles. The summed E-state index contributed by atoms with van der Waals surface area (Å²) in [5.74, 6) is -0.267. The fourth-order valence-electron chi connectivity index (χ4n) is 2.60. The third-order valence-electron chi connectivity index (χ3n) is 4.49. The summed E-state index contributed by atoms with van der Waals surface area (Å²) < 4.78 is 51.2. The van der Waals surface area contributed by atoms with Gasteiger partial charge in [0.2, 0.25) is 6.29 Å². The molecule has 0 aliphatic carbocycles. The second-order valence-electron chi connectivity index (χ2n) is 7.33. The van der Waals surface area contributed by atoms with Crippen molar-refractivity contribution in [1.29, 1.82) is 0 Å². The summed E-state index contributed by atoms with van der Waals surface area (Å²) in [6.07, 6.45) is -5.70. The molecule has 0 radical (unpaired) electrons. The van der Waals surface area contributed by atoms with E-state index >= 15 is 0 Å². The first kappa shape index (κ1) is 36.6. The van der Waals surface area contributed by atoms with Gasteiger partial charge in [0.25, 0.3) is 0 Å². The smallest absolute Gasteiger partial charge is 0.446 e.